The van der Waals surface area contributed by atoms with E-state index in [-0.39, 0.29) is 17.2 Å². The summed E-state index contributed by atoms with van der Waals surface area (Å²) < 4.78 is 5.19. The van der Waals surface area contributed by atoms with Crippen molar-refractivity contribution in [2.75, 3.05) is 12.0 Å². The van der Waals surface area contributed by atoms with Gasteiger partial charge in [-0.2, -0.15) is 5.10 Å². The molecular weight excluding hydrogens is 476 g/mol. The van der Waals surface area contributed by atoms with Gasteiger partial charge in [0.05, 0.1) is 41.8 Å². The van der Waals surface area contributed by atoms with E-state index in [1.807, 2.05) is 24.3 Å². The Kier molecular flexibility index (Phi) is 5.11. The van der Waals surface area contributed by atoms with Crippen molar-refractivity contribution in [1.82, 2.24) is 5.01 Å². The summed E-state index contributed by atoms with van der Waals surface area (Å²) in [6.07, 6.45) is 1.64. The van der Waals surface area contributed by atoms with Crippen molar-refractivity contribution in [1.29, 1.82) is 0 Å². The van der Waals surface area contributed by atoms with Crippen LogP contribution in [0.4, 0.5) is 11.4 Å². The van der Waals surface area contributed by atoms with Crippen molar-refractivity contribution in [3.63, 3.8) is 0 Å². The molecule has 0 bridgehead atoms. The Morgan fingerprint density at radius 3 is 2.30 bits per heavy atom. The minimum Gasteiger partial charge on any atom is -0.497 e. The number of fused-ring (bicyclic) bond motifs is 5. The number of imide groups is 1. The second kappa shape index (κ2) is 8.37. The maximum absolute atomic E-state index is 13.9. The highest BCUT2D eigenvalue weighted by molar-refractivity contribution is 6.24. The minimum atomic E-state index is -1.01. The number of rotatable bonds is 5. The van der Waals surface area contributed by atoms with Gasteiger partial charge in [-0.05, 0) is 47.5 Å². The van der Waals surface area contributed by atoms with Crippen LogP contribution in [0, 0.1) is 22.0 Å². The number of nitrogens with zero attached hydrogens (tertiary/aromatic N) is 4. The predicted molar refractivity (Wildman–Crippen MR) is 132 cm³/mol. The molecule has 0 saturated carbocycles. The number of hydrogen-bond donors (Lipinski definition) is 0. The molecule has 3 aromatic rings. The average Bonchev–Trinajstić information content (AvgIpc) is 3.40. The average molecular weight is 496 g/mol. The number of anilines is 1. The first kappa shape index (κ1) is 22.6. The number of ketones is 1. The normalized spacial score (nSPS) is 23.5. The Labute approximate surface area is 210 Å². The van der Waals surface area contributed by atoms with Gasteiger partial charge in [0.25, 0.3) is 5.69 Å². The molecule has 0 unspecified atom stereocenters. The number of Topliss-reactive ketones (excluding diaryl/α,β-unsaturated/α-hetero) is 1. The lowest BCUT2D eigenvalue weighted by Crippen LogP contribution is -2.44. The van der Waals surface area contributed by atoms with Gasteiger partial charge in [-0.25, -0.2) is 4.90 Å². The smallest absolute Gasteiger partial charge is 0.269 e. The molecule has 0 aliphatic carbocycles. The molecule has 3 aromatic carbocycles. The van der Waals surface area contributed by atoms with Crippen LogP contribution in [0.2, 0.25) is 0 Å². The number of hydrogen-bond acceptors (Lipinski definition) is 8. The summed E-state index contributed by atoms with van der Waals surface area (Å²) in [5.41, 5.74) is 2.06. The van der Waals surface area contributed by atoms with E-state index in [4.69, 9.17) is 4.74 Å². The molecule has 0 aromatic heterocycles. The Hall–Kier alpha value is -4.86. The number of hydrazone groups is 1. The van der Waals surface area contributed by atoms with Crippen molar-refractivity contribution in [2.45, 2.75) is 12.1 Å². The molecule has 10 nitrogen and oxygen atoms in total. The van der Waals surface area contributed by atoms with E-state index in [2.05, 4.69) is 5.10 Å². The third-order valence-corrected chi connectivity index (χ3v) is 7.26. The fourth-order valence-corrected chi connectivity index (χ4v) is 5.57. The Morgan fingerprint density at radius 2 is 1.62 bits per heavy atom. The number of amides is 2. The van der Waals surface area contributed by atoms with Crippen LogP contribution in [0.3, 0.4) is 0 Å². The SMILES string of the molecule is COc1ccc(C(=O)[C@H]2[C@H]3C(=O)N(c4ccc([N+](=O)[O-])cc4)C(=O)[C@@H]3[C@H]3c4ccccc4C=NN32)cc1. The lowest BCUT2D eigenvalue weighted by atomic mass is 9.83. The first-order valence-corrected chi connectivity index (χ1v) is 11.6. The summed E-state index contributed by atoms with van der Waals surface area (Å²) in [4.78, 5) is 53.1. The molecule has 4 atom stereocenters. The first-order valence-electron chi connectivity index (χ1n) is 11.6. The van der Waals surface area contributed by atoms with Gasteiger partial charge >= 0.3 is 0 Å². The van der Waals surface area contributed by atoms with Gasteiger partial charge in [0.15, 0.2) is 5.78 Å². The highest BCUT2D eigenvalue weighted by Crippen LogP contribution is 2.53. The minimum absolute atomic E-state index is 0.155. The zero-order valence-electron chi connectivity index (χ0n) is 19.6. The van der Waals surface area contributed by atoms with E-state index < -0.39 is 40.7 Å². The summed E-state index contributed by atoms with van der Waals surface area (Å²) in [5, 5.41) is 17.2. The van der Waals surface area contributed by atoms with Crippen molar-refractivity contribution in [3.8, 4) is 5.75 Å². The summed E-state index contributed by atoms with van der Waals surface area (Å²) in [6, 6.07) is 17.7. The van der Waals surface area contributed by atoms with Gasteiger partial charge in [0.1, 0.15) is 11.8 Å². The lowest BCUT2D eigenvalue weighted by molar-refractivity contribution is -0.384. The molecule has 6 rings (SSSR count). The summed E-state index contributed by atoms with van der Waals surface area (Å²) in [6.45, 7) is 0. The van der Waals surface area contributed by atoms with Crippen LogP contribution in [0.25, 0.3) is 0 Å². The number of nitro benzene ring substituents is 1. The highest BCUT2D eigenvalue weighted by atomic mass is 16.6. The maximum atomic E-state index is 13.9. The molecule has 3 aliphatic rings. The van der Waals surface area contributed by atoms with Crippen LogP contribution >= 0.6 is 0 Å². The van der Waals surface area contributed by atoms with E-state index in [1.165, 1.54) is 31.4 Å². The van der Waals surface area contributed by atoms with Gasteiger partial charge < -0.3 is 4.74 Å². The molecule has 37 heavy (non-hydrogen) atoms. The zero-order chi connectivity index (χ0) is 25.8. The molecule has 3 heterocycles. The summed E-state index contributed by atoms with van der Waals surface area (Å²) in [7, 11) is 1.53. The molecular formula is C27H20N4O6. The standard InChI is InChI=1S/C27H20N4O6/c1-37-19-12-6-15(7-13-19)25(32)24-22-21(23-20-5-3-2-4-16(20)14-28-30(23)24)26(33)29(27(22)34)17-8-10-18(11-9-17)31(35)36/h2-14,21-24H,1H3/t21-,22-,23+,24+/m0/s1. The summed E-state index contributed by atoms with van der Waals surface area (Å²) in [5.74, 6) is -2.57. The third kappa shape index (κ3) is 3.33. The molecule has 2 saturated heterocycles. The Bertz CT molecular complexity index is 1480. The third-order valence-electron chi connectivity index (χ3n) is 7.26. The number of ether oxygens (including phenoxy) is 1. The fraction of sp³-hybridized carbons (Fsp3) is 0.185. The fourth-order valence-electron chi connectivity index (χ4n) is 5.57. The molecule has 0 N–H and O–H groups in total. The molecule has 0 spiro atoms. The number of carbonyl (C=O) groups is 3. The van der Waals surface area contributed by atoms with E-state index in [0.717, 1.165) is 16.0 Å². The largest absolute Gasteiger partial charge is 0.497 e. The highest BCUT2D eigenvalue weighted by Gasteiger charge is 2.65. The number of non-ortho nitro benzene ring substituents is 1. The van der Waals surface area contributed by atoms with Crippen LogP contribution in [-0.4, -0.2) is 46.9 Å². The summed E-state index contributed by atoms with van der Waals surface area (Å²) >= 11 is 0. The van der Waals surface area contributed by atoms with Crippen LogP contribution in [-0.2, 0) is 9.59 Å². The van der Waals surface area contributed by atoms with E-state index in [0.29, 0.717) is 11.3 Å². The topological polar surface area (TPSA) is 122 Å². The van der Waals surface area contributed by atoms with Gasteiger partial charge in [0.2, 0.25) is 11.8 Å². The van der Waals surface area contributed by atoms with Gasteiger partial charge in [0, 0.05) is 17.7 Å². The first-order chi connectivity index (χ1) is 17.9. The van der Waals surface area contributed by atoms with Crippen LogP contribution in [0.5, 0.6) is 5.75 Å². The molecule has 3 aliphatic heterocycles. The van der Waals surface area contributed by atoms with Crippen LogP contribution in [0.15, 0.2) is 77.9 Å². The van der Waals surface area contributed by atoms with E-state index in [9.17, 15) is 24.5 Å². The lowest BCUT2D eigenvalue weighted by Gasteiger charge is -2.33. The van der Waals surface area contributed by atoms with Crippen molar-refractivity contribution < 1.29 is 24.0 Å². The van der Waals surface area contributed by atoms with Crippen LogP contribution < -0.4 is 9.64 Å². The monoisotopic (exact) mass is 496 g/mol. The molecule has 10 heteroatoms. The van der Waals surface area contributed by atoms with Crippen LogP contribution in [0.1, 0.15) is 27.5 Å². The molecule has 2 fully saturated rings. The molecule has 2 amide bonds. The number of nitro groups is 1. The Morgan fingerprint density at radius 1 is 0.946 bits per heavy atom. The number of benzene rings is 3. The number of methoxy groups -OCH3 is 1. The molecule has 0 radical (unpaired) electrons. The number of carbonyl (C=O) groups excluding carboxylic acids is 3. The second-order valence-electron chi connectivity index (χ2n) is 9.07. The zero-order valence-corrected chi connectivity index (χ0v) is 19.6. The van der Waals surface area contributed by atoms with Gasteiger partial charge in [-0.3, -0.25) is 29.5 Å². The second-order valence-corrected chi connectivity index (χ2v) is 9.07. The quantitative estimate of drug-likeness (QED) is 0.230. The predicted octanol–water partition coefficient (Wildman–Crippen LogP) is 3.36. The van der Waals surface area contributed by atoms with E-state index >= 15 is 0 Å². The maximum Gasteiger partial charge on any atom is 0.269 e. The van der Waals surface area contributed by atoms with Crippen molar-refractivity contribution in [2.24, 2.45) is 16.9 Å². The van der Waals surface area contributed by atoms with Gasteiger partial charge in [-0.1, -0.05) is 24.3 Å². The van der Waals surface area contributed by atoms with Crippen molar-refractivity contribution in [3.05, 3.63) is 99.6 Å². The van der Waals surface area contributed by atoms with E-state index in [1.54, 1.807) is 35.5 Å². The van der Waals surface area contributed by atoms with Gasteiger partial charge in [-0.15, -0.1) is 0 Å². The molecule has 184 valence electrons. The Balaban J connectivity index is 1.45. The van der Waals surface area contributed by atoms with Crippen molar-refractivity contribution >= 4 is 35.2 Å².